The molecule has 0 fully saturated rings. The van der Waals surface area contributed by atoms with Crippen LogP contribution in [0, 0.1) is 6.92 Å². The molecule has 4 aromatic rings. The van der Waals surface area contributed by atoms with Crippen molar-refractivity contribution < 1.29 is 14.3 Å². The molecule has 0 atom stereocenters. The highest BCUT2D eigenvalue weighted by atomic mass is 16.5. The minimum atomic E-state index is -0.224. The molecular weight excluding hydrogens is 392 g/mol. The number of carbonyl (C=O) groups is 1. The molecule has 7 nitrogen and oxygen atoms in total. The molecule has 0 saturated heterocycles. The standard InChI is InChI=1S/C24H22N4O3/c1-17-3-5-21(28-12-11-26-16-28)20(13-17)24(29)27-19-4-6-22(30-2)23(14-19)31-15-18-7-9-25-10-8-18/h3-14,16H,15H2,1-2H3,(H,27,29). The van der Waals surface area contributed by atoms with Gasteiger partial charge in [0.1, 0.15) is 6.61 Å². The first-order valence-electron chi connectivity index (χ1n) is 9.74. The molecule has 0 aliphatic carbocycles. The van der Waals surface area contributed by atoms with Crippen LogP contribution < -0.4 is 14.8 Å². The quantitative estimate of drug-likeness (QED) is 0.484. The Hall–Kier alpha value is -4.13. The number of carbonyl (C=O) groups excluding carboxylic acids is 1. The third-order valence-electron chi connectivity index (χ3n) is 4.74. The van der Waals surface area contributed by atoms with Gasteiger partial charge in [0.15, 0.2) is 11.5 Å². The van der Waals surface area contributed by atoms with Crippen molar-refractivity contribution in [1.82, 2.24) is 14.5 Å². The summed E-state index contributed by atoms with van der Waals surface area (Å²) in [6.45, 7) is 2.31. The van der Waals surface area contributed by atoms with Crippen molar-refractivity contribution in [2.75, 3.05) is 12.4 Å². The number of aryl methyl sites for hydroxylation is 1. The maximum Gasteiger partial charge on any atom is 0.257 e. The van der Waals surface area contributed by atoms with Crippen LogP contribution in [0.2, 0.25) is 0 Å². The van der Waals surface area contributed by atoms with Crippen molar-refractivity contribution in [3.8, 4) is 17.2 Å². The number of hydrogen-bond acceptors (Lipinski definition) is 5. The van der Waals surface area contributed by atoms with Crippen LogP contribution in [0.4, 0.5) is 5.69 Å². The molecule has 2 aromatic heterocycles. The number of imidazole rings is 1. The number of hydrogen-bond donors (Lipinski definition) is 1. The zero-order valence-corrected chi connectivity index (χ0v) is 17.3. The van der Waals surface area contributed by atoms with Crippen molar-refractivity contribution in [3.05, 3.63) is 96.3 Å². The summed E-state index contributed by atoms with van der Waals surface area (Å²) < 4.78 is 13.1. The van der Waals surface area contributed by atoms with Crippen LogP contribution >= 0.6 is 0 Å². The Morgan fingerprint density at radius 3 is 2.58 bits per heavy atom. The van der Waals surface area contributed by atoms with Gasteiger partial charge in [-0.15, -0.1) is 0 Å². The van der Waals surface area contributed by atoms with Crippen LogP contribution in [0.5, 0.6) is 11.5 Å². The summed E-state index contributed by atoms with van der Waals surface area (Å²) in [5.74, 6) is 0.899. The fourth-order valence-electron chi connectivity index (χ4n) is 3.16. The van der Waals surface area contributed by atoms with Gasteiger partial charge in [-0.2, -0.15) is 0 Å². The maximum absolute atomic E-state index is 13.1. The minimum absolute atomic E-state index is 0.224. The molecule has 2 heterocycles. The molecule has 7 heteroatoms. The fraction of sp³-hybridized carbons (Fsp3) is 0.125. The summed E-state index contributed by atoms with van der Waals surface area (Å²) in [6.07, 6.45) is 8.58. The van der Waals surface area contributed by atoms with E-state index >= 15 is 0 Å². The molecule has 0 aliphatic heterocycles. The number of ether oxygens (including phenoxy) is 2. The molecular formula is C24H22N4O3. The third kappa shape index (κ3) is 4.72. The highest BCUT2D eigenvalue weighted by molar-refractivity contribution is 6.07. The second-order valence-corrected chi connectivity index (χ2v) is 6.95. The number of anilines is 1. The normalized spacial score (nSPS) is 10.5. The number of methoxy groups -OCH3 is 1. The molecule has 1 amide bonds. The highest BCUT2D eigenvalue weighted by Crippen LogP contribution is 2.31. The largest absolute Gasteiger partial charge is 0.493 e. The van der Waals surface area contributed by atoms with E-state index in [9.17, 15) is 4.79 Å². The average Bonchev–Trinajstić information content (AvgIpc) is 3.33. The van der Waals surface area contributed by atoms with Gasteiger partial charge in [0, 0.05) is 36.5 Å². The smallest absolute Gasteiger partial charge is 0.257 e. The van der Waals surface area contributed by atoms with Gasteiger partial charge >= 0.3 is 0 Å². The zero-order chi connectivity index (χ0) is 21.6. The topological polar surface area (TPSA) is 78.3 Å². The molecule has 31 heavy (non-hydrogen) atoms. The van der Waals surface area contributed by atoms with Crippen molar-refractivity contribution in [2.45, 2.75) is 13.5 Å². The van der Waals surface area contributed by atoms with Crippen molar-refractivity contribution >= 4 is 11.6 Å². The summed E-state index contributed by atoms with van der Waals surface area (Å²) in [4.78, 5) is 21.2. The van der Waals surface area contributed by atoms with Crippen LogP contribution in [-0.2, 0) is 6.61 Å². The highest BCUT2D eigenvalue weighted by Gasteiger charge is 2.15. The van der Waals surface area contributed by atoms with E-state index in [0.29, 0.717) is 29.4 Å². The second kappa shape index (κ2) is 9.13. The molecule has 156 valence electrons. The average molecular weight is 414 g/mol. The first-order valence-corrected chi connectivity index (χ1v) is 9.74. The van der Waals surface area contributed by atoms with Crippen molar-refractivity contribution in [3.63, 3.8) is 0 Å². The van der Waals surface area contributed by atoms with Crippen LogP contribution in [0.15, 0.2) is 79.6 Å². The van der Waals surface area contributed by atoms with Gasteiger partial charge in [-0.05, 0) is 48.9 Å². The molecule has 0 aliphatic rings. The number of nitrogens with one attached hydrogen (secondary N) is 1. The van der Waals surface area contributed by atoms with E-state index in [1.165, 1.54) is 0 Å². The Bertz CT molecular complexity index is 1170. The monoisotopic (exact) mass is 414 g/mol. The van der Waals surface area contributed by atoms with Gasteiger partial charge < -0.3 is 19.4 Å². The van der Waals surface area contributed by atoms with E-state index < -0.39 is 0 Å². The van der Waals surface area contributed by atoms with E-state index in [4.69, 9.17) is 9.47 Å². The van der Waals surface area contributed by atoms with E-state index in [2.05, 4.69) is 15.3 Å². The molecule has 0 unspecified atom stereocenters. The third-order valence-corrected chi connectivity index (χ3v) is 4.74. The molecule has 1 N–H and O–H groups in total. The van der Waals surface area contributed by atoms with Crippen molar-refractivity contribution in [2.24, 2.45) is 0 Å². The second-order valence-electron chi connectivity index (χ2n) is 6.95. The number of amides is 1. The summed E-state index contributed by atoms with van der Waals surface area (Å²) in [5.41, 5.74) is 3.88. The van der Waals surface area contributed by atoms with Gasteiger partial charge in [0.2, 0.25) is 0 Å². The lowest BCUT2D eigenvalue weighted by molar-refractivity contribution is 0.102. The number of aromatic nitrogens is 3. The Balaban J connectivity index is 1.57. The summed E-state index contributed by atoms with van der Waals surface area (Å²) >= 11 is 0. The molecule has 0 spiro atoms. The summed E-state index contributed by atoms with van der Waals surface area (Å²) in [7, 11) is 1.58. The predicted octanol–water partition coefficient (Wildman–Crippen LogP) is 4.42. The lowest BCUT2D eigenvalue weighted by atomic mass is 10.1. The van der Waals surface area contributed by atoms with Crippen molar-refractivity contribution in [1.29, 1.82) is 0 Å². The van der Waals surface area contributed by atoms with E-state index in [1.54, 1.807) is 56.4 Å². The first kappa shape index (κ1) is 20.2. The SMILES string of the molecule is COc1ccc(NC(=O)c2cc(C)ccc2-n2ccnc2)cc1OCc1ccncc1. The molecule has 2 aromatic carbocycles. The number of nitrogens with zero attached hydrogens (tertiary/aromatic N) is 3. The maximum atomic E-state index is 13.1. The molecule has 4 rings (SSSR count). The Morgan fingerprint density at radius 2 is 1.84 bits per heavy atom. The van der Waals surface area contributed by atoms with Gasteiger partial charge in [0.05, 0.1) is 24.7 Å². The first-order chi connectivity index (χ1) is 15.1. The van der Waals surface area contributed by atoms with Gasteiger partial charge in [-0.3, -0.25) is 9.78 Å². The van der Waals surface area contributed by atoms with Gasteiger partial charge in [0.25, 0.3) is 5.91 Å². The van der Waals surface area contributed by atoms with Crippen LogP contribution in [0.3, 0.4) is 0 Å². The zero-order valence-electron chi connectivity index (χ0n) is 17.3. The number of benzene rings is 2. The van der Waals surface area contributed by atoms with Crippen LogP contribution in [0.1, 0.15) is 21.5 Å². The molecule has 0 bridgehead atoms. The lowest BCUT2D eigenvalue weighted by Gasteiger charge is -2.14. The van der Waals surface area contributed by atoms with E-state index in [1.807, 2.05) is 41.8 Å². The summed E-state index contributed by atoms with van der Waals surface area (Å²) in [6, 6.07) is 14.8. The predicted molar refractivity (Wildman–Crippen MR) is 118 cm³/mol. The number of rotatable bonds is 7. The lowest BCUT2D eigenvalue weighted by Crippen LogP contribution is -2.15. The minimum Gasteiger partial charge on any atom is -0.493 e. The Kier molecular flexibility index (Phi) is 5.93. The Morgan fingerprint density at radius 1 is 1.00 bits per heavy atom. The number of pyridine rings is 1. The van der Waals surface area contributed by atoms with Gasteiger partial charge in [-0.25, -0.2) is 4.98 Å². The van der Waals surface area contributed by atoms with Crippen LogP contribution in [-0.4, -0.2) is 27.6 Å². The van der Waals surface area contributed by atoms with E-state index in [0.717, 1.165) is 16.8 Å². The van der Waals surface area contributed by atoms with E-state index in [-0.39, 0.29) is 5.91 Å². The van der Waals surface area contributed by atoms with Gasteiger partial charge in [-0.1, -0.05) is 11.6 Å². The Labute approximate surface area is 180 Å². The van der Waals surface area contributed by atoms with Crippen LogP contribution in [0.25, 0.3) is 5.69 Å². The fourth-order valence-corrected chi connectivity index (χ4v) is 3.16. The molecule has 0 saturated carbocycles. The summed E-state index contributed by atoms with van der Waals surface area (Å²) in [5, 5.41) is 2.96. The molecule has 0 radical (unpaired) electrons.